The molecule has 0 N–H and O–H groups in total. The minimum atomic E-state index is -1.43. The summed E-state index contributed by atoms with van der Waals surface area (Å²) in [6, 6.07) is 9.86. The summed E-state index contributed by atoms with van der Waals surface area (Å²) in [5.74, 6) is -1.53. The van der Waals surface area contributed by atoms with E-state index in [4.69, 9.17) is 14.2 Å². The number of carbonyl (C=O) groups is 1. The highest BCUT2D eigenvalue weighted by molar-refractivity contribution is 6.02. The van der Waals surface area contributed by atoms with Crippen molar-refractivity contribution in [3.8, 4) is 0 Å². The summed E-state index contributed by atoms with van der Waals surface area (Å²) in [5.41, 5.74) is 1.92. The number of benzene rings is 1. The van der Waals surface area contributed by atoms with Gasteiger partial charge in [-0.15, -0.1) is 0 Å². The maximum Gasteiger partial charge on any atom is 0.260 e. The Bertz CT molecular complexity index is 613. The molecule has 1 atom stereocenters. The highest BCUT2D eigenvalue weighted by Gasteiger charge is 2.42. The molecule has 1 aromatic carbocycles. The molecule has 4 heteroatoms. The third kappa shape index (κ3) is 3.53. The molecule has 1 aromatic rings. The Morgan fingerprint density at radius 3 is 2.55 bits per heavy atom. The number of hydrogen-bond donors (Lipinski definition) is 0. The van der Waals surface area contributed by atoms with E-state index in [0.717, 1.165) is 11.1 Å². The molecule has 0 bridgehead atoms. The average Bonchev–Trinajstić information content (AvgIpc) is 2.55. The lowest BCUT2D eigenvalue weighted by molar-refractivity contribution is -0.191. The first-order valence-corrected chi connectivity index (χ1v) is 7.02. The first-order valence-electron chi connectivity index (χ1n) is 7.02. The van der Waals surface area contributed by atoms with Crippen molar-refractivity contribution >= 4 is 11.9 Å². The zero-order chi connectivity index (χ0) is 16.0. The van der Waals surface area contributed by atoms with Gasteiger partial charge in [0, 0.05) is 7.11 Å². The van der Waals surface area contributed by atoms with Gasteiger partial charge in [0.25, 0.3) is 11.6 Å². The minimum absolute atomic E-state index is 0.230. The number of ketones is 1. The van der Waals surface area contributed by atoms with Crippen LogP contribution in [0.3, 0.4) is 0 Å². The van der Waals surface area contributed by atoms with E-state index < -0.39 is 5.79 Å². The molecule has 116 valence electrons. The molecule has 0 saturated carbocycles. The van der Waals surface area contributed by atoms with Gasteiger partial charge < -0.3 is 14.2 Å². The van der Waals surface area contributed by atoms with Crippen molar-refractivity contribution in [2.45, 2.75) is 12.7 Å². The zero-order valence-corrected chi connectivity index (χ0v) is 13.0. The minimum Gasteiger partial charge on any atom is -0.493 e. The van der Waals surface area contributed by atoms with Gasteiger partial charge in [-0.25, -0.2) is 0 Å². The molecule has 0 amide bonds. The summed E-state index contributed by atoms with van der Waals surface area (Å²) in [4.78, 5) is 12.4. The van der Waals surface area contributed by atoms with Crippen LogP contribution >= 0.6 is 0 Å². The predicted octanol–water partition coefficient (Wildman–Crippen LogP) is 3.12. The first-order chi connectivity index (χ1) is 10.6. The molecule has 22 heavy (non-hydrogen) atoms. The molecule has 0 aliphatic heterocycles. The van der Waals surface area contributed by atoms with Crippen LogP contribution in [0.4, 0.5) is 0 Å². The topological polar surface area (TPSA) is 44.8 Å². The van der Waals surface area contributed by atoms with Crippen LogP contribution in [0.5, 0.6) is 0 Å². The maximum atomic E-state index is 12.4. The van der Waals surface area contributed by atoms with Crippen LogP contribution in [-0.2, 0) is 19.0 Å². The monoisotopic (exact) mass is 300 g/mol. The first kappa shape index (κ1) is 16.2. The Hall–Kier alpha value is -2.17. The van der Waals surface area contributed by atoms with Gasteiger partial charge in [0.05, 0.1) is 13.7 Å². The lowest BCUT2D eigenvalue weighted by atomic mass is 9.99. The fraction of sp³-hybridized carbons (Fsp3) is 0.278. The number of methoxy groups -OCH3 is 2. The van der Waals surface area contributed by atoms with Gasteiger partial charge in [0.1, 0.15) is 0 Å². The van der Waals surface area contributed by atoms with Gasteiger partial charge in [-0.2, -0.15) is 0 Å². The predicted molar refractivity (Wildman–Crippen MR) is 85.0 cm³/mol. The number of allylic oxidation sites excluding steroid dienone is 2. The molecule has 0 radical (unpaired) electrons. The third-order valence-corrected chi connectivity index (χ3v) is 3.34. The molecular formula is C18H20O4. The second-order valence-corrected chi connectivity index (χ2v) is 4.93. The SMILES string of the molecule is COC1=CC(C)=CC(OC)(OC/C=C/c2ccccc2)C1=O. The normalized spacial score (nSPS) is 21.7. The quantitative estimate of drug-likeness (QED) is 0.757. The maximum absolute atomic E-state index is 12.4. The molecule has 0 spiro atoms. The fourth-order valence-corrected chi connectivity index (χ4v) is 2.24. The summed E-state index contributed by atoms with van der Waals surface area (Å²) in [5, 5.41) is 0. The van der Waals surface area contributed by atoms with Gasteiger partial charge >= 0.3 is 0 Å². The second kappa shape index (κ2) is 7.20. The van der Waals surface area contributed by atoms with E-state index in [1.54, 1.807) is 12.2 Å². The second-order valence-electron chi connectivity index (χ2n) is 4.93. The van der Waals surface area contributed by atoms with Crippen LogP contribution in [-0.4, -0.2) is 32.4 Å². The largest absolute Gasteiger partial charge is 0.493 e. The van der Waals surface area contributed by atoms with E-state index in [0.29, 0.717) is 0 Å². The summed E-state index contributed by atoms with van der Waals surface area (Å²) in [6.45, 7) is 2.11. The van der Waals surface area contributed by atoms with E-state index in [2.05, 4.69) is 0 Å². The van der Waals surface area contributed by atoms with Crippen LogP contribution in [0.2, 0.25) is 0 Å². The summed E-state index contributed by atoms with van der Waals surface area (Å²) >= 11 is 0. The van der Waals surface area contributed by atoms with Crippen LogP contribution < -0.4 is 0 Å². The van der Waals surface area contributed by atoms with Gasteiger partial charge in [0.15, 0.2) is 5.76 Å². The molecule has 1 aliphatic carbocycles. The van der Waals surface area contributed by atoms with Gasteiger partial charge in [-0.3, -0.25) is 4.79 Å². The van der Waals surface area contributed by atoms with Crippen LogP contribution in [0.15, 0.2) is 59.9 Å². The Labute approximate surface area is 130 Å². The van der Waals surface area contributed by atoms with Crippen molar-refractivity contribution in [3.63, 3.8) is 0 Å². The van der Waals surface area contributed by atoms with E-state index >= 15 is 0 Å². The highest BCUT2D eigenvalue weighted by atomic mass is 16.7. The molecule has 0 saturated heterocycles. The number of hydrogen-bond acceptors (Lipinski definition) is 4. The number of Topliss-reactive ketones (excluding diaryl/α,β-unsaturated/α-hetero) is 1. The summed E-state index contributed by atoms with van der Waals surface area (Å²) in [7, 11) is 2.90. The molecule has 2 rings (SSSR count). The van der Waals surface area contributed by atoms with E-state index in [1.165, 1.54) is 14.2 Å². The highest BCUT2D eigenvalue weighted by Crippen LogP contribution is 2.27. The number of carbonyl (C=O) groups excluding carboxylic acids is 1. The molecule has 1 aliphatic rings. The van der Waals surface area contributed by atoms with Crippen LogP contribution in [0, 0.1) is 0 Å². The van der Waals surface area contributed by atoms with Gasteiger partial charge in [0.2, 0.25) is 0 Å². The Balaban J connectivity index is 2.07. The molecule has 4 nitrogen and oxygen atoms in total. The van der Waals surface area contributed by atoms with Crippen molar-refractivity contribution < 1.29 is 19.0 Å². The van der Waals surface area contributed by atoms with Crippen LogP contribution in [0.25, 0.3) is 6.08 Å². The van der Waals surface area contributed by atoms with Gasteiger partial charge in [-0.05, 0) is 30.2 Å². The Morgan fingerprint density at radius 2 is 1.91 bits per heavy atom. The molecule has 0 aromatic heterocycles. The van der Waals surface area contributed by atoms with Crippen molar-refractivity contribution in [1.82, 2.24) is 0 Å². The van der Waals surface area contributed by atoms with Crippen molar-refractivity contribution in [1.29, 1.82) is 0 Å². The zero-order valence-electron chi connectivity index (χ0n) is 13.0. The smallest absolute Gasteiger partial charge is 0.260 e. The lowest BCUT2D eigenvalue weighted by Gasteiger charge is -2.30. The summed E-state index contributed by atoms with van der Waals surface area (Å²) < 4.78 is 16.1. The Kier molecular flexibility index (Phi) is 5.31. The standard InChI is InChI=1S/C18H20O4/c1-14-12-16(20-2)17(19)18(13-14,21-3)22-11-7-10-15-8-5-4-6-9-15/h4-10,12-13H,11H2,1-3H3/b10-7+. The van der Waals surface area contributed by atoms with Crippen molar-refractivity contribution in [2.75, 3.05) is 20.8 Å². The van der Waals surface area contributed by atoms with E-state index in [-0.39, 0.29) is 18.1 Å². The average molecular weight is 300 g/mol. The van der Waals surface area contributed by atoms with E-state index in [9.17, 15) is 4.79 Å². The fourth-order valence-electron chi connectivity index (χ4n) is 2.24. The molecule has 0 heterocycles. The number of ether oxygens (including phenoxy) is 3. The van der Waals surface area contributed by atoms with Crippen molar-refractivity contribution in [3.05, 3.63) is 65.5 Å². The molecular weight excluding hydrogens is 280 g/mol. The summed E-state index contributed by atoms with van der Waals surface area (Å²) in [6.07, 6.45) is 7.11. The van der Waals surface area contributed by atoms with E-state index in [1.807, 2.05) is 49.4 Å². The molecule has 0 fully saturated rings. The lowest BCUT2D eigenvalue weighted by Crippen LogP contribution is -2.44. The Morgan fingerprint density at radius 1 is 1.18 bits per heavy atom. The van der Waals surface area contributed by atoms with Crippen molar-refractivity contribution in [2.24, 2.45) is 0 Å². The van der Waals surface area contributed by atoms with Gasteiger partial charge in [-0.1, -0.05) is 42.5 Å². The van der Waals surface area contributed by atoms with Crippen LogP contribution in [0.1, 0.15) is 12.5 Å². The third-order valence-electron chi connectivity index (χ3n) is 3.34. The number of rotatable bonds is 6. The molecule has 1 unspecified atom stereocenters.